The van der Waals surface area contributed by atoms with E-state index in [-0.39, 0.29) is 11.3 Å². The van der Waals surface area contributed by atoms with Gasteiger partial charge in [0.05, 0.1) is 11.7 Å². The molecule has 0 unspecified atom stereocenters. The molecular weight excluding hydrogens is 260 g/mol. The van der Waals surface area contributed by atoms with Gasteiger partial charge in [0.2, 0.25) is 0 Å². The fraction of sp³-hybridized carbons (Fsp3) is 0.286. The van der Waals surface area contributed by atoms with Gasteiger partial charge in [0.15, 0.2) is 0 Å². The van der Waals surface area contributed by atoms with Crippen LogP contribution in [0.4, 0.5) is 10.5 Å². The minimum Gasteiger partial charge on any atom is -0.545 e. The number of para-hydroxylation sites is 2. The molecular formula is C14H17N2O4-. The lowest BCUT2D eigenvalue weighted by atomic mass is 10.1. The maximum Gasteiger partial charge on any atom is 0.319 e. The molecule has 20 heavy (non-hydrogen) atoms. The van der Waals surface area contributed by atoms with E-state index in [0.717, 1.165) is 0 Å². The summed E-state index contributed by atoms with van der Waals surface area (Å²) in [5.41, 5.74) is 0.388. The van der Waals surface area contributed by atoms with Crippen LogP contribution in [0.5, 0.6) is 5.75 Å². The molecule has 0 aliphatic heterocycles. The number of carboxylic acid groups (broad SMARTS) is 1. The van der Waals surface area contributed by atoms with Gasteiger partial charge in [0.1, 0.15) is 5.75 Å². The van der Waals surface area contributed by atoms with E-state index in [4.69, 9.17) is 0 Å². The first-order chi connectivity index (χ1) is 9.50. The molecule has 0 saturated heterocycles. The van der Waals surface area contributed by atoms with Crippen LogP contribution in [0.1, 0.15) is 19.3 Å². The number of rotatable bonds is 7. The van der Waals surface area contributed by atoms with E-state index in [1.807, 2.05) is 0 Å². The second kappa shape index (κ2) is 7.83. The SMILES string of the molecule is C=C(CCCCNC(=O)Nc1ccccc1O)C(=O)[O-]. The first-order valence-electron chi connectivity index (χ1n) is 6.22. The van der Waals surface area contributed by atoms with E-state index >= 15 is 0 Å². The van der Waals surface area contributed by atoms with Crippen molar-refractivity contribution >= 4 is 17.7 Å². The first-order valence-corrected chi connectivity index (χ1v) is 6.22. The molecule has 0 bridgehead atoms. The van der Waals surface area contributed by atoms with Crippen LogP contribution in [0.2, 0.25) is 0 Å². The van der Waals surface area contributed by atoms with Crippen LogP contribution in [0.25, 0.3) is 0 Å². The number of carboxylic acids is 1. The van der Waals surface area contributed by atoms with Gasteiger partial charge in [-0.25, -0.2) is 4.79 Å². The van der Waals surface area contributed by atoms with E-state index in [1.165, 1.54) is 6.07 Å². The molecule has 0 aliphatic rings. The lowest BCUT2D eigenvalue weighted by molar-refractivity contribution is -0.299. The summed E-state index contributed by atoms with van der Waals surface area (Å²) < 4.78 is 0. The van der Waals surface area contributed by atoms with Crippen molar-refractivity contribution in [3.05, 3.63) is 36.4 Å². The van der Waals surface area contributed by atoms with E-state index in [2.05, 4.69) is 17.2 Å². The minimum absolute atomic E-state index is 0.00657. The van der Waals surface area contributed by atoms with E-state index in [0.29, 0.717) is 31.5 Å². The Balaban J connectivity index is 2.20. The third kappa shape index (κ3) is 5.43. The predicted octanol–water partition coefficient (Wildman–Crippen LogP) is 0.990. The Hall–Kier alpha value is -2.50. The van der Waals surface area contributed by atoms with Gasteiger partial charge in [0.25, 0.3) is 0 Å². The summed E-state index contributed by atoms with van der Waals surface area (Å²) in [6.45, 7) is 3.77. The molecule has 6 heteroatoms. The smallest absolute Gasteiger partial charge is 0.319 e. The van der Waals surface area contributed by atoms with Crippen molar-refractivity contribution in [2.24, 2.45) is 0 Å². The van der Waals surface area contributed by atoms with Crippen LogP contribution < -0.4 is 15.7 Å². The van der Waals surface area contributed by atoms with Crippen molar-refractivity contribution in [2.75, 3.05) is 11.9 Å². The number of aromatic hydroxyl groups is 1. The normalized spacial score (nSPS) is 9.80. The second-order valence-corrected chi connectivity index (χ2v) is 4.25. The van der Waals surface area contributed by atoms with Crippen molar-refractivity contribution in [3.63, 3.8) is 0 Å². The molecule has 0 atom stereocenters. The molecule has 2 amide bonds. The molecule has 0 radical (unpaired) electrons. The number of hydrogen-bond donors (Lipinski definition) is 3. The fourth-order valence-electron chi connectivity index (χ4n) is 1.51. The van der Waals surface area contributed by atoms with Gasteiger partial charge in [-0.1, -0.05) is 18.7 Å². The third-order valence-corrected chi connectivity index (χ3v) is 2.63. The number of phenolic OH excluding ortho intramolecular Hbond substituents is 1. The zero-order chi connectivity index (χ0) is 15.0. The van der Waals surface area contributed by atoms with Crippen LogP contribution in [0, 0.1) is 0 Å². The Labute approximate surface area is 117 Å². The van der Waals surface area contributed by atoms with Crippen LogP contribution >= 0.6 is 0 Å². The van der Waals surface area contributed by atoms with Gasteiger partial charge in [0, 0.05) is 6.54 Å². The molecule has 6 nitrogen and oxygen atoms in total. The maximum atomic E-state index is 11.5. The van der Waals surface area contributed by atoms with Gasteiger partial charge in [-0.3, -0.25) is 0 Å². The highest BCUT2D eigenvalue weighted by molar-refractivity contribution is 5.90. The van der Waals surface area contributed by atoms with Crippen LogP contribution in [0.3, 0.4) is 0 Å². The number of urea groups is 1. The number of carbonyl (C=O) groups excluding carboxylic acids is 2. The Morgan fingerprint density at radius 3 is 2.60 bits per heavy atom. The van der Waals surface area contributed by atoms with E-state index in [1.54, 1.807) is 18.2 Å². The Morgan fingerprint density at radius 2 is 1.95 bits per heavy atom. The van der Waals surface area contributed by atoms with Crippen molar-refractivity contribution in [1.29, 1.82) is 0 Å². The molecule has 1 aromatic carbocycles. The van der Waals surface area contributed by atoms with Crippen molar-refractivity contribution in [2.45, 2.75) is 19.3 Å². The molecule has 0 spiro atoms. The number of hydrogen-bond acceptors (Lipinski definition) is 4. The molecule has 0 saturated carbocycles. The number of aliphatic carboxylic acids is 1. The number of benzene rings is 1. The number of phenols is 1. The van der Waals surface area contributed by atoms with Crippen molar-refractivity contribution < 1.29 is 19.8 Å². The van der Waals surface area contributed by atoms with Crippen LogP contribution in [-0.2, 0) is 4.79 Å². The number of unbranched alkanes of at least 4 members (excludes halogenated alkanes) is 1. The highest BCUT2D eigenvalue weighted by Crippen LogP contribution is 2.20. The van der Waals surface area contributed by atoms with Gasteiger partial charge in [-0.2, -0.15) is 0 Å². The quantitative estimate of drug-likeness (QED) is 0.393. The summed E-state index contributed by atoms with van der Waals surface area (Å²) >= 11 is 0. The van der Waals surface area contributed by atoms with Crippen LogP contribution in [-0.4, -0.2) is 23.7 Å². The number of carbonyl (C=O) groups is 2. The molecule has 0 heterocycles. The van der Waals surface area contributed by atoms with Gasteiger partial charge in [-0.05, 0) is 37.0 Å². The standard InChI is InChI=1S/C14H18N2O4/c1-10(13(18)19)6-4-5-9-15-14(20)16-11-7-2-3-8-12(11)17/h2-3,7-8,17H,1,4-6,9H2,(H,18,19)(H2,15,16,20)/p-1. The van der Waals surface area contributed by atoms with Crippen LogP contribution in [0.15, 0.2) is 36.4 Å². The minimum atomic E-state index is -1.24. The highest BCUT2D eigenvalue weighted by Gasteiger charge is 2.04. The predicted molar refractivity (Wildman–Crippen MR) is 73.1 cm³/mol. The average molecular weight is 277 g/mol. The lowest BCUT2D eigenvalue weighted by Gasteiger charge is -2.09. The summed E-state index contributed by atoms with van der Waals surface area (Å²) in [6.07, 6.45) is 1.56. The third-order valence-electron chi connectivity index (χ3n) is 2.63. The summed E-state index contributed by atoms with van der Waals surface area (Å²) in [7, 11) is 0. The van der Waals surface area contributed by atoms with Gasteiger partial charge >= 0.3 is 6.03 Å². The zero-order valence-electron chi connectivity index (χ0n) is 11.0. The maximum absolute atomic E-state index is 11.5. The van der Waals surface area contributed by atoms with Gasteiger partial charge in [-0.15, -0.1) is 0 Å². The summed E-state index contributed by atoms with van der Waals surface area (Å²) in [5, 5.41) is 25.0. The Bertz CT molecular complexity index is 500. The summed E-state index contributed by atoms with van der Waals surface area (Å²) in [5.74, 6) is -1.25. The first kappa shape index (κ1) is 15.6. The monoisotopic (exact) mass is 277 g/mol. The zero-order valence-corrected chi connectivity index (χ0v) is 11.0. The summed E-state index contributed by atoms with van der Waals surface area (Å²) in [4.78, 5) is 21.9. The van der Waals surface area contributed by atoms with E-state index < -0.39 is 12.0 Å². The topological polar surface area (TPSA) is 101 Å². The number of anilines is 1. The molecule has 1 aromatic rings. The van der Waals surface area contributed by atoms with Gasteiger partial charge < -0.3 is 25.6 Å². The number of nitrogens with one attached hydrogen (secondary N) is 2. The average Bonchev–Trinajstić information content (AvgIpc) is 2.40. The summed E-state index contributed by atoms with van der Waals surface area (Å²) in [6, 6.07) is 5.98. The Morgan fingerprint density at radius 1 is 1.25 bits per heavy atom. The fourth-order valence-corrected chi connectivity index (χ4v) is 1.51. The molecule has 108 valence electrons. The Kier molecular flexibility index (Phi) is 6.09. The molecule has 0 fully saturated rings. The van der Waals surface area contributed by atoms with E-state index in [9.17, 15) is 19.8 Å². The number of amides is 2. The van der Waals surface area contributed by atoms with Crippen molar-refractivity contribution in [3.8, 4) is 5.75 Å². The van der Waals surface area contributed by atoms with Crippen molar-refractivity contribution in [1.82, 2.24) is 5.32 Å². The lowest BCUT2D eigenvalue weighted by Crippen LogP contribution is -2.29. The molecule has 0 aliphatic carbocycles. The molecule has 1 rings (SSSR count). The molecule has 0 aromatic heterocycles. The largest absolute Gasteiger partial charge is 0.545 e. The highest BCUT2D eigenvalue weighted by atomic mass is 16.4. The second-order valence-electron chi connectivity index (χ2n) is 4.25. The molecule has 3 N–H and O–H groups in total.